The first-order chi connectivity index (χ1) is 14.0. The van der Waals surface area contributed by atoms with Gasteiger partial charge < -0.3 is 9.26 Å². The van der Waals surface area contributed by atoms with Crippen LogP contribution in [-0.2, 0) is 20.0 Å². The van der Waals surface area contributed by atoms with Crippen molar-refractivity contribution >= 4 is 8.25 Å². The lowest BCUT2D eigenvalue weighted by atomic mass is 10.2. The third-order valence-electron chi connectivity index (χ3n) is 4.12. The van der Waals surface area contributed by atoms with Crippen LogP contribution in [-0.4, -0.2) is 28.2 Å². The molecule has 1 aromatic carbocycles. The van der Waals surface area contributed by atoms with Crippen molar-refractivity contribution in [3.63, 3.8) is 0 Å². The van der Waals surface area contributed by atoms with Gasteiger partial charge in [-0.3, -0.25) is 18.9 Å². The van der Waals surface area contributed by atoms with Crippen LogP contribution in [0.25, 0.3) is 0 Å². The third kappa shape index (κ3) is 4.79. The van der Waals surface area contributed by atoms with E-state index in [2.05, 4.69) is 4.52 Å². The molecule has 1 N–H and O–H groups in total. The van der Waals surface area contributed by atoms with Gasteiger partial charge in [0.1, 0.15) is 24.1 Å². The van der Waals surface area contributed by atoms with Crippen LogP contribution in [0.3, 0.4) is 0 Å². The topological polar surface area (TPSA) is 99.6 Å². The highest BCUT2D eigenvalue weighted by atomic mass is 31.1. The fraction of sp³-hybridized carbons (Fsp3) is 0.375. The van der Waals surface area contributed by atoms with Gasteiger partial charge in [-0.05, 0) is 12.1 Å². The largest absolute Gasteiger partial charge is 0.426 e. The Bertz CT molecular complexity index is 1040. The molecule has 30 heavy (non-hydrogen) atoms. The first kappa shape index (κ1) is 22.2. The first-order valence-electron chi connectivity index (χ1n) is 8.33. The summed E-state index contributed by atoms with van der Waals surface area (Å²) in [6.07, 6.45) is -10.1. The highest BCUT2D eigenvalue weighted by molar-refractivity contribution is 7.33. The molecule has 4 atom stereocenters. The molecule has 0 spiro atoms. The van der Waals surface area contributed by atoms with Gasteiger partial charge in [-0.15, -0.1) is 0 Å². The molecule has 14 heteroatoms. The molecule has 3 rings (SSSR count). The zero-order valence-corrected chi connectivity index (χ0v) is 15.8. The second-order valence-electron chi connectivity index (χ2n) is 6.22. The van der Waals surface area contributed by atoms with E-state index in [1.54, 1.807) is 18.2 Å². The molecule has 2 aromatic rings. The molecule has 1 unspecified atom stereocenters. The van der Waals surface area contributed by atoms with Gasteiger partial charge in [0.25, 0.3) is 11.4 Å². The van der Waals surface area contributed by atoms with Crippen molar-refractivity contribution in [3.8, 4) is 5.75 Å². The van der Waals surface area contributed by atoms with E-state index in [0.29, 0.717) is 0 Å². The van der Waals surface area contributed by atoms with Crippen molar-refractivity contribution in [3.05, 3.63) is 62.9 Å². The summed E-state index contributed by atoms with van der Waals surface area (Å²) in [6.45, 7) is -1.21. The lowest BCUT2D eigenvalue weighted by Gasteiger charge is -2.22. The van der Waals surface area contributed by atoms with Crippen LogP contribution < -0.4 is 15.8 Å². The van der Waals surface area contributed by atoms with Gasteiger partial charge in [0.05, 0.1) is 0 Å². The maximum absolute atomic E-state index is 14.8. The fourth-order valence-corrected chi connectivity index (χ4v) is 3.37. The van der Waals surface area contributed by atoms with Gasteiger partial charge in [0, 0.05) is 12.6 Å². The van der Waals surface area contributed by atoms with E-state index in [4.69, 9.17) is 9.26 Å². The van der Waals surface area contributed by atoms with Crippen molar-refractivity contribution in [2.75, 3.05) is 6.61 Å². The van der Waals surface area contributed by atoms with Crippen LogP contribution in [0.15, 0.2) is 46.1 Å². The van der Waals surface area contributed by atoms with Crippen LogP contribution in [0.5, 0.6) is 5.75 Å². The number of ether oxygens (including phenoxy) is 1. The Morgan fingerprint density at radius 1 is 1.27 bits per heavy atom. The Morgan fingerprint density at radius 2 is 1.93 bits per heavy atom. The molecule has 1 saturated heterocycles. The summed E-state index contributed by atoms with van der Waals surface area (Å²) < 4.78 is 94.0. The van der Waals surface area contributed by atoms with Crippen molar-refractivity contribution in [1.82, 2.24) is 9.55 Å². The van der Waals surface area contributed by atoms with Crippen molar-refractivity contribution in [1.29, 1.82) is 0 Å². The average Bonchev–Trinajstić information content (AvgIpc) is 2.95. The standard InChI is InChI=1S/C16H14F5N2O6P/c17-11-6-12(23-7-10(16(19,20)21)13(24)22-14(23)25)28-15(11,18)8-27-30(26)29-9-4-2-1-3-5-9/h1-5,7,11-12,30H,6,8H2,(H,22,24,25)/t11-,12+,15+/m0/s1. The first-order valence-corrected chi connectivity index (χ1v) is 9.55. The van der Waals surface area contributed by atoms with Crippen LogP contribution in [0.1, 0.15) is 18.2 Å². The molecule has 0 saturated carbocycles. The molecule has 0 aliphatic carbocycles. The summed E-state index contributed by atoms with van der Waals surface area (Å²) in [5, 5.41) is 0. The Labute approximate surface area is 165 Å². The Kier molecular flexibility index (Phi) is 6.16. The second kappa shape index (κ2) is 8.32. The van der Waals surface area contributed by atoms with Gasteiger partial charge in [0.15, 0.2) is 6.17 Å². The number of rotatable bonds is 6. The van der Waals surface area contributed by atoms with Gasteiger partial charge in [0.2, 0.25) is 0 Å². The van der Waals surface area contributed by atoms with Gasteiger partial charge in [-0.2, -0.15) is 13.2 Å². The summed E-state index contributed by atoms with van der Waals surface area (Å²) in [5.74, 6) is -3.06. The molecule has 0 amide bonds. The molecule has 1 fully saturated rings. The lowest BCUT2D eigenvalue weighted by Crippen LogP contribution is -2.38. The second-order valence-corrected chi connectivity index (χ2v) is 7.22. The molecule has 1 aliphatic rings. The number of hydrogen-bond donors (Lipinski definition) is 1. The Morgan fingerprint density at radius 3 is 2.57 bits per heavy atom. The zero-order valence-electron chi connectivity index (χ0n) is 14.8. The quantitative estimate of drug-likeness (QED) is 0.530. The molecule has 0 bridgehead atoms. The molecule has 8 nitrogen and oxygen atoms in total. The van der Waals surface area contributed by atoms with Gasteiger partial charge in [-0.1, -0.05) is 18.2 Å². The van der Waals surface area contributed by atoms with E-state index in [-0.39, 0.29) is 16.5 Å². The number of hydrogen-bond acceptors (Lipinski definition) is 6. The van der Waals surface area contributed by atoms with Crippen LogP contribution >= 0.6 is 8.25 Å². The number of nitrogens with one attached hydrogen (secondary N) is 1. The molecule has 1 aromatic heterocycles. The summed E-state index contributed by atoms with van der Waals surface area (Å²) >= 11 is 0. The van der Waals surface area contributed by atoms with E-state index in [9.17, 15) is 36.1 Å². The number of aromatic nitrogens is 2. The van der Waals surface area contributed by atoms with E-state index in [0.717, 1.165) is 0 Å². The summed E-state index contributed by atoms with van der Waals surface area (Å²) in [4.78, 5) is 24.6. The minimum atomic E-state index is -5.11. The molecule has 2 heterocycles. The highest BCUT2D eigenvalue weighted by Crippen LogP contribution is 2.42. The van der Waals surface area contributed by atoms with Crippen molar-refractivity contribution < 1.29 is 40.3 Å². The predicted octanol–water partition coefficient (Wildman–Crippen LogP) is 2.96. The van der Waals surface area contributed by atoms with E-state index < -0.39 is 62.5 Å². The van der Waals surface area contributed by atoms with Gasteiger partial charge >= 0.3 is 20.1 Å². The molecule has 0 radical (unpaired) electrons. The zero-order chi connectivity index (χ0) is 22.1. The predicted molar refractivity (Wildman–Crippen MR) is 91.8 cm³/mol. The van der Waals surface area contributed by atoms with Crippen molar-refractivity contribution in [2.24, 2.45) is 0 Å². The number of benzene rings is 1. The average molecular weight is 456 g/mol. The van der Waals surface area contributed by atoms with Gasteiger partial charge in [-0.25, -0.2) is 18.1 Å². The maximum atomic E-state index is 14.8. The number of alkyl halides is 5. The number of nitrogens with zero attached hydrogens (tertiary/aromatic N) is 1. The van der Waals surface area contributed by atoms with Crippen LogP contribution in [0.2, 0.25) is 0 Å². The Balaban J connectivity index is 1.72. The summed E-state index contributed by atoms with van der Waals surface area (Å²) in [7, 11) is -3.31. The molecule has 164 valence electrons. The summed E-state index contributed by atoms with van der Waals surface area (Å²) in [6, 6.07) is 7.68. The highest BCUT2D eigenvalue weighted by Gasteiger charge is 2.52. The third-order valence-corrected chi connectivity index (χ3v) is 4.91. The minimum absolute atomic E-state index is 0.118. The lowest BCUT2D eigenvalue weighted by molar-refractivity contribution is -0.192. The van der Waals surface area contributed by atoms with E-state index in [1.165, 1.54) is 17.1 Å². The normalized spacial score (nSPS) is 25.2. The number of H-pyrrole nitrogens is 1. The summed E-state index contributed by atoms with van der Waals surface area (Å²) in [5.41, 5.74) is -4.79. The van der Waals surface area contributed by atoms with Crippen molar-refractivity contribution in [2.45, 2.75) is 30.9 Å². The van der Waals surface area contributed by atoms with Crippen LogP contribution in [0, 0.1) is 0 Å². The van der Waals surface area contributed by atoms with E-state index >= 15 is 0 Å². The molecular formula is C16H14F5N2O6P. The molecular weight excluding hydrogens is 442 g/mol. The Hall–Kier alpha value is -2.50. The SMILES string of the molecule is O=c1[nH]c(=O)n([C@H]2C[C@H](F)[C@@](F)(CO[PH](=O)Oc3ccccc3)O2)cc1C(F)(F)F. The monoisotopic (exact) mass is 456 g/mol. The smallest absolute Gasteiger partial charge is 0.423 e. The van der Waals surface area contributed by atoms with Crippen LogP contribution in [0.4, 0.5) is 22.0 Å². The fourth-order valence-electron chi connectivity index (χ4n) is 2.67. The number of halogens is 5. The van der Waals surface area contributed by atoms with E-state index in [1.807, 2.05) is 0 Å². The maximum Gasteiger partial charge on any atom is 0.423 e. The number of para-hydroxylation sites is 1. The minimum Gasteiger partial charge on any atom is -0.426 e. The number of aromatic amines is 1. The molecule has 1 aliphatic heterocycles.